The molecule has 0 aliphatic carbocycles. The topological polar surface area (TPSA) is 55.6 Å². The van der Waals surface area contributed by atoms with Gasteiger partial charge in [-0.2, -0.15) is 0 Å². The zero-order valence-corrected chi connectivity index (χ0v) is 12.3. The molecule has 0 bridgehead atoms. The van der Waals surface area contributed by atoms with E-state index in [-0.39, 0.29) is 18.3 Å². The number of nitrogens with zero attached hydrogens (tertiary/aromatic N) is 1. The molecule has 1 fully saturated rings. The van der Waals surface area contributed by atoms with Crippen LogP contribution in [0.1, 0.15) is 29.6 Å². The Morgan fingerprint density at radius 1 is 1.35 bits per heavy atom. The van der Waals surface area contributed by atoms with Crippen molar-refractivity contribution in [3.63, 3.8) is 0 Å². The summed E-state index contributed by atoms with van der Waals surface area (Å²) in [4.78, 5) is 14.4. The zero-order chi connectivity index (χ0) is 13.7. The number of benzene rings is 1. The van der Waals surface area contributed by atoms with Crippen molar-refractivity contribution in [3.05, 3.63) is 36.4 Å². The molecular formula is C15H21ClN2O2. The van der Waals surface area contributed by atoms with Gasteiger partial charge in [-0.25, -0.2) is 0 Å². The smallest absolute Gasteiger partial charge is 0.257 e. The monoisotopic (exact) mass is 296 g/mol. The van der Waals surface area contributed by atoms with Gasteiger partial charge in [0.15, 0.2) is 0 Å². The quantitative estimate of drug-likeness (QED) is 0.686. The fourth-order valence-corrected chi connectivity index (χ4v) is 2.26. The fourth-order valence-electron chi connectivity index (χ4n) is 2.26. The number of nitrogen functional groups attached to an aromatic ring is 1. The number of piperidine rings is 1. The van der Waals surface area contributed by atoms with E-state index in [1.165, 1.54) is 6.42 Å². The molecule has 0 spiro atoms. The average molecular weight is 297 g/mol. The van der Waals surface area contributed by atoms with Gasteiger partial charge in [-0.05, 0) is 37.5 Å². The Kier molecular flexibility index (Phi) is 6.39. The van der Waals surface area contributed by atoms with Crippen LogP contribution in [-0.4, -0.2) is 30.5 Å². The van der Waals surface area contributed by atoms with E-state index in [9.17, 15) is 4.79 Å². The molecule has 1 amide bonds. The number of nitrogens with two attached hydrogens (primary N) is 1. The minimum atomic E-state index is 0. The Bertz CT molecular complexity index is 471. The number of hydrogen-bond acceptors (Lipinski definition) is 3. The van der Waals surface area contributed by atoms with Gasteiger partial charge in [0.1, 0.15) is 12.4 Å². The first-order valence-corrected chi connectivity index (χ1v) is 6.65. The number of carbonyl (C=O) groups excluding carboxylic acids is 1. The highest BCUT2D eigenvalue weighted by Crippen LogP contribution is 2.24. The van der Waals surface area contributed by atoms with E-state index >= 15 is 0 Å². The number of halogens is 1. The minimum absolute atomic E-state index is 0. The molecule has 1 aliphatic heterocycles. The number of ether oxygens (including phenoxy) is 1. The van der Waals surface area contributed by atoms with Gasteiger partial charge in [0.05, 0.1) is 5.56 Å². The van der Waals surface area contributed by atoms with E-state index in [2.05, 4.69) is 6.58 Å². The fraction of sp³-hybridized carbons (Fsp3) is 0.400. The molecule has 5 heteroatoms. The van der Waals surface area contributed by atoms with Crippen molar-refractivity contribution in [1.82, 2.24) is 4.90 Å². The SMILES string of the molecule is C=CCOc1ccc(N)cc1C(=O)N1CCCCC1.Cl. The predicted octanol–water partition coefficient (Wildman–Crippen LogP) is 2.88. The van der Waals surface area contributed by atoms with E-state index in [4.69, 9.17) is 10.5 Å². The molecular weight excluding hydrogens is 276 g/mol. The van der Waals surface area contributed by atoms with Crippen LogP contribution >= 0.6 is 12.4 Å². The number of amides is 1. The lowest BCUT2D eigenvalue weighted by atomic mass is 10.1. The summed E-state index contributed by atoms with van der Waals surface area (Å²) in [5, 5.41) is 0. The largest absolute Gasteiger partial charge is 0.489 e. The molecule has 4 nitrogen and oxygen atoms in total. The number of rotatable bonds is 4. The molecule has 1 heterocycles. The van der Waals surface area contributed by atoms with Crippen molar-refractivity contribution < 1.29 is 9.53 Å². The molecule has 2 N–H and O–H groups in total. The van der Waals surface area contributed by atoms with Crippen molar-refractivity contribution in [1.29, 1.82) is 0 Å². The lowest BCUT2D eigenvalue weighted by Crippen LogP contribution is -2.35. The average Bonchev–Trinajstić information content (AvgIpc) is 2.46. The zero-order valence-electron chi connectivity index (χ0n) is 11.5. The third-order valence-electron chi connectivity index (χ3n) is 3.23. The van der Waals surface area contributed by atoms with E-state index in [0.717, 1.165) is 25.9 Å². The van der Waals surface area contributed by atoms with Crippen molar-refractivity contribution in [3.8, 4) is 5.75 Å². The maximum Gasteiger partial charge on any atom is 0.257 e. The second kappa shape index (κ2) is 7.80. The highest BCUT2D eigenvalue weighted by molar-refractivity contribution is 5.97. The van der Waals surface area contributed by atoms with Crippen LogP contribution in [0, 0.1) is 0 Å². The second-order valence-electron chi connectivity index (χ2n) is 4.71. The minimum Gasteiger partial charge on any atom is -0.489 e. The third-order valence-corrected chi connectivity index (χ3v) is 3.23. The van der Waals surface area contributed by atoms with E-state index in [0.29, 0.717) is 23.6 Å². The molecule has 0 saturated carbocycles. The highest BCUT2D eigenvalue weighted by atomic mass is 35.5. The first kappa shape index (κ1) is 16.4. The number of likely N-dealkylation sites (tertiary alicyclic amines) is 1. The molecule has 110 valence electrons. The van der Waals surface area contributed by atoms with E-state index in [1.54, 1.807) is 24.3 Å². The summed E-state index contributed by atoms with van der Waals surface area (Å²) in [5.74, 6) is 0.579. The van der Waals surface area contributed by atoms with Crippen LogP contribution in [0.2, 0.25) is 0 Å². The second-order valence-corrected chi connectivity index (χ2v) is 4.71. The Hall–Kier alpha value is -1.68. The van der Waals surface area contributed by atoms with Crippen LogP contribution in [-0.2, 0) is 0 Å². The Morgan fingerprint density at radius 2 is 2.05 bits per heavy atom. The molecule has 20 heavy (non-hydrogen) atoms. The highest BCUT2D eigenvalue weighted by Gasteiger charge is 2.21. The van der Waals surface area contributed by atoms with Gasteiger partial charge in [-0.15, -0.1) is 12.4 Å². The lowest BCUT2D eigenvalue weighted by Gasteiger charge is -2.27. The predicted molar refractivity (Wildman–Crippen MR) is 83.5 cm³/mol. The standard InChI is InChI=1S/C15H20N2O2.ClH/c1-2-10-19-14-7-6-12(16)11-13(14)15(18)17-8-4-3-5-9-17;/h2,6-7,11H,1,3-5,8-10,16H2;1H. The summed E-state index contributed by atoms with van der Waals surface area (Å²) in [6, 6.07) is 5.18. The Morgan fingerprint density at radius 3 is 2.70 bits per heavy atom. The first-order valence-electron chi connectivity index (χ1n) is 6.65. The Balaban J connectivity index is 0.00000200. The molecule has 0 aromatic heterocycles. The van der Waals surface area contributed by atoms with Gasteiger partial charge in [-0.3, -0.25) is 4.79 Å². The van der Waals surface area contributed by atoms with Gasteiger partial charge in [-0.1, -0.05) is 12.7 Å². The molecule has 0 unspecified atom stereocenters. The van der Waals surface area contributed by atoms with Crippen LogP contribution in [0.4, 0.5) is 5.69 Å². The van der Waals surface area contributed by atoms with Crippen LogP contribution < -0.4 is 10.5 Å². The molecule has 1 aliphatic rings. The summed E-state index contributed by atoms with van der Waals surface area (Å²) in [7, 11) is 0. The maximum absolute atomic E-state index is 12.5. The van der Waals surface area contributed by atoms with Gasteiger partial charge in [0.2, 0.25) is 0 Å². The van der Waals surface area contributed by atoms with E-state index < -0.39 is 0 Å². The Labute approximate surface area is 126 Å². The van der Waals surface area contributed by atoms with E-state index in [1.807, 2.05) is 4.90 Å². The molecule has 0 radical (unpaired) electrons. The van der Waals surface area contributed by atoms with Gasteiger partial charge in [0.25, 0.3) is 5.91 Å². The first-order chi connectivity index (χ1) is 9.22. The van der Waals surface area contributed by atoms with Crippen molar-refractivity contribution in [2.45, 2.75) is 19.3 Å². The summed E-state index contributed by atoms with van der Waals surface area (Å²) >= 11 is 0. The van der Waals surface area contributed by atoms with Crippen LogP contribution in [0.25, 0.3) is 0 Å². The lowest BCUT2D eigenvalue weighted by molar-refractivity contribution is 0.0720. The normalized spacial score (nSPS) is 14.3. The summed E-state index contributed by atoms with van der Waals surface area (Å²) in [6.07, 6.45) is 4.99. The number of carbonyl (C=O) groups is 1. The van der Waals surface area contributed by atoms with Gasteiger partial charge < -0.3 is 15.4 Å². The van der Waals surface area contributed by atoms with Crippen molar-refractivity contribution in [2.75, 3.05) is 25.4 Å². The number of hydrogen-bond donors (Lipinski definition) is 1. The van der Waals surface area contributed by atoms with Crippen LogP contribution in [0.3, 0.4) is 0 Å². The third kappa shape index (κ3) is 3.90. The summed E-state index contributed by atoms with van der Waals surface area (Å²) in [5.41, 5.74) is 6.90. The van der Waals surface area contributed by atoms with Gasteiger partial charge in [0, 0.05) is 18.8 Å². The molecule has 1 saturated heterocycles. The van der Waals surface area contributed by atoms with Crippen LogP contribution in [0.15, 0.2) is 30.9 Å². The summed E-state index contributed by atoms with van der Waals surface area (Å²) < 4.78 is 5.53. The number of anilines is 1. The molecule has 1 aromatic rings. The maximum atomic E-state index is 12.5. The summed E-state index contributed by atoms with van der Waals surface area (Å²) in [6.45, 7) is 5.62. The molecule has 0 atom stereocenters. The van der Waals surface area contributed by atoms with Crippen molar-refractivity contribution in [2.24, 2.45) is 0 Å². The van der Waals surface area contributed by atoms with Crippen molar-refractivity contribution >= 4 is 24.0 Å². The molecule has 1 aromatic carbocycles. The van der Waals surface area contributed by atoms with Crippen LogP contribution in [0.5, 0.6) is 5.75 Å². The van der Waals surface area contributed by atoms with Gasteiger partial charge >= 0.3 is 0 Å². The molecule has 2 rings (SSSR count).